The zero-order chi connectivity index (χ0) is 15.6. The van der Waals surface area contributed by atoms with Gasteiger partial charge in [0.2, 0.25) is 0 Å². The predicted molar refractivity (Wildman–Crippen MR) is 70.9 cm³/mol. The topological polar surface area (TPSA) is 64.6 Å². The normalized spacial score (nSPS) is 22.1. The van der Waals surface area contributed by atoms with Crippen molar-refractivity contribution in [1.29, 1.82) is 0 Å². The smallest absolute Gasteiger partial charge is 0.390 e. The number of para-hydroxylation sites is 1. The van der Waals surface area contributed by atoms with Crippen LogP contribution >= 0.6 is 0 Å². The van der Waals surface area contributed by atoms with Gasteiger partial charge in [0.25, 0.3) is 0 Å². The number of β-amino-alcohol motifs (C(OH)–C–C–N with tert-alkyl or cyclic N) is 1. The summed E-state index contributed by atoms with van der Waals surface area (Å²) in [6.07, 6.45) is -5.28. The molecule has 1 aromatic carbocycles. The Balaban J connectivity index is 2.13. The van der Waals surface area contributed by atoms with Crippen LogP contribution < -0.4 is 10.6 Å². The molecule has 2 atom stereocenters. The van der Waals surface area contributed by atoms with Gasteiger partial charge in [-0.25, -0.2) is 4.79 Å². The van der Waals surface area contributed by atoms with Crippen LogP contribution in [0.5, 0.6) is 0 Å². The maximum atomic E-state index is 12.8. The van der Waals surface area contributed by atoms with Crippen LogP contribution in [0.3, 0.4) is 0 Å². The Bertz CT molecular complexity index is 522. The molecule has 116 valence electrons. The Labute approximate surface area is 119 Å². The van der Waals surface area contributed by atoms with Gasteiger partial charge in [0.1, 0.15) is 0 Å². The van der Waals surface area contributed by atoms with Crippen molar-refractivity contribution in [2.45, 2.75) is 18.3 Å². The molecule has 2 amide bonds. The number of amides is 2. The number of aliphatic hydroxyl groups excluding tert-OH is 1. The molecule has 0 unspecified atom stereocenters. The molecule has 1 aromatic rings. The number of likely N-dealkylation sites (N-methyl/N-ethyl adjacent to an activating group) is 1. The molecule has 0 aromatic heterocycles. The van der Waals surface area contributed by atoms with Gasteiger partial charge in [0.15, 0.2) is 0 Å². The minimum Gasteiger partial charge on any atom is -0.390 e. The number of hydrogen-bond acceptors (Lipinski definition) is 3. The molecule has 0 spiro atoms. The van der Waals surface area contributed by atoms with Crippen molar-refractivity contribution in [3.63, 3.8) is 0 Å². The number of nitrogens with one attached hydrogen (secondary N) is 2. The molecule has 0 saturated carbocycles. The van der Waals surface area contributed by atoms with Gasteiger partial charge in [-0.1, -0.05) is 12.1 Å². The minimum absolute atomic E-state index is 0.303. The minimum atomic E-state index is -4.54. The standard InChI is InChI=1S/C13H16F3N3O2/c1-19(10-6-17-7-11(10)20)12(21)18-9-5-3-2-4-8(9)13(14,15)16/h2-5,10-11,17,20H,6-7H2,1H3,(H,18,21)/t10-,11-/m0/s1. The first-order valence-electron chi connectivity index (χ1n) is 6.39. The van der Waals surface area contributed by atoms with Crippen LogP contribution in [0, 0.1) is 0 Å². The highest BCUT2D eigenvalue weighted by Crippen LogP contribution is 2.34. The van der Waals surface area contributed by atoms with Gasteiger partial charge in [-0.15, -0.1) is 0 Å². The maximum Gasteiger partial charge on any atom is 0.418 e. The number of carbonyl (C=O) groups is 1. The van der Waals surface area contributed by atoms with Gasteiger partial charge >= 0.3 is 12.2 Å². The number of nitrogens with zero attached hydrogens (tertiary/aromatic N) is 1. The quantitative estimate of drug-likeness (QED) is 0.776. The third-order valence-corrected chi connectivity index (χ3v) is 3.44. The summed E-state index contributed by atoms with van der Waals surface area (Å²) < 4.78 is 38.5. The number of urea groups is 1. The van der Waals surface area contributed by atoms with Gasteiger partial charge in [0.05, 0.1) is 23.4 Å². The van der Waals surface area contributed by atoms with Crippen LogP contribution in [-0.2, 0) is 6.18 Å². The van der Waals surface area contributed by atoms with Crippen molar-refractivity contribution < 1.29 is 23.1 Å². The summed E-state index contributed by atoms with van der Waals surface area (Å²) >= 11 is 0. The van der Waals surface area contributed by atoms with Crippen LogP contribution in [0.15, 0.2) is 24.3 Å². The number of alkyl halides is 3. The van der Waals surface area contributed by atoms with Gasteiger partial charge in [0, 0.05) is 20.1 Å². The van der Waals surface area contributed by atoms with E-state index in [-0.39, 0.29) is 5.69 Å². The van der Waals surface area contributed by atoms with E-state index in [4.69, 9.17) is 0 Å². The average molecular weight is 303 g/mol. The number of halogens is 3. The zero-order valence-electron chi connectivity index (χ0n) is 11.3. The van der Waals surface area contributed by atoms with Gasteiger partial charge in [-0.3, -0.25) is 0 Å². The fourth-order valence-electron chi connectivity index (χ4n) is 2.24. The fraction of sp³-hybridized carbons (Fsp3) is 0.462. The third-order valence-electron chi connectivity index (χ3n) is 3.44. The molecular weight excluding hydrogens is 287 g/mol. The van der Waals surface area contributed by atoms with E-state index in [1.165, 1.54) is 30.1 Å². The van der Waals surface area contributed by atoms with Crippen LogP contribution in [0.2, 0.25) is 0 Å². The Hall–Kier alpha value is -1.80. The van der Waals surface area contributed by atoms with E-state index in [1.54, 1.807) is 0 Å². The lowest BCUT2D eigenvalue weighted by atomic mass is 10.1. The monoisotopic (exact) mass is 303 g/mol. The largest absolute Gasteiger partial charge is 0.418 e. The number of benzene rings is 1. The summed E-state index contributed by atoms with van der Waals surface area (Å²) in [4.78, 5) is 13.2. The van der Waals surface area contributed by atoms with Gasteiger partial charge in [-0.05, 0) is 12.1 Å². The molecule has 1 aliphatic rings. The summed E-state index contributed by atoms with van der Waals surface area (Å²) in [5.74, 6) is 0. The molecule has 1 saturated heterocycles. The molecule has 0 aliphatic carbocycles. The Morgan fingerprint density at radius 2 is 2.05 bits per heavy atom. The van der Waals surface area contributed by atoms with Crippen molar-refractivity contribution in [1.82, 2.24) is 10.2 Å². The third kappa shape index (κ3) is 3.45. The second-order valence-electron chi connectivity index (χ2n) is 4.88. The van der Waals surface area contributed by atoms with Crippen molar-refractivity contribution in [2.75, 3.05) is 25.5 Å². The van der Waals surface area contributed by atoms with E-state index in [1.807, 2.05) is 0 Å². The van der Waals surface area contributed by atoms with Crippen LogP contribution in [0.25, 0.3) is 0 Å². The van der Waals surface area contributed by atoms with Gasteiger partial charge in [-0.2, -0.15) is 13.2 Å². The van der Waals surface area contributed by atoms with Gasteiger partial charge < -0.3 is 20.6 Å². The van der Waals surface area contributed by atoms with E-state index >= 15 is 0 Å². The van der Waals surface area contributed by atoms with Crippen molar-refractivity contribution in [3.8, 4) is 0 Å². The Morgan fingerprint density at radius 1 is 1.38 bits per heavy atom. The first-order valence-corrected chi connectivity index (χ1v) is 6.39. The average Bonchev–Trinajstić information content (AvgIpc) is 2.83. The highest BCUT2D eigenvalue weighted by molar-refractivity contribution is 5.90. The molecule has 21 heavy (non-hydrogen) atoms. The highest BCUT2D eigenvalue weighted by Gasteiger charge is 2.35. The van der Waals surface area contributed by atoms with Crippen molar-refractivity contribution in [3.05, 3.63) is 29.8 Å². The molecule has 3 N–H and O–H groups in total. The predicted octanol–water partition coefficient (Wildman–Crippen LogP) is 1.50. The molecule has 5 nitrogen and oxygen atoms in total. The van der Waals surface area contributed by atoms with Crippen LogP contribution in [0.4, 0.5) is 23.7 Å². The number of carbonyl (C=O) groups excluding carboxylic acids is 1. The molecule has 1 fully saturated rings. The van der Waals surface area contributed by atoms with Crippen molar-refractivity contribution in [2.24, 2.45) is 0 Å². The molecule has 1 aliphatic heterocycles. The Kier molecular flexibility index (Phi) is 4.38. The lowest BCUT2D eigenvalue weighted by molar-refractivity contribution is -0.136. The van der Waals surface area contributed by atoms with E-state index in [9.17, 15) is 23.1 Å². The molecular formula is C13H16F3N3O2. The van der Waals surface area contributed by atoms with E-state index < -0.39 is 29.9 Å². The molecule has 0 radical (unpaired) electrons. The molecule has 2 rings (SSSR count). The number of anilines is 1. The summed E-state index contributed by atoms with van der Waals surface area (Å²) in [7, 11) is 1.44. The second kappa shape index (κ2) is 5.90. The SMILES string of the molecule is CN(C(=O)Nc1ccccc1C(F)(F)F)[C@H]1CNC[C@@H]1O. The summed E-state index contributed by atoms with van der Waals surface area (Å²) in [6.45, 7) is 0.743. The first-order chi connectivity index (χ1) is 9.80. The number of rotatable bonds is 2. The van der Waals surface area contributed by atoms with Crippen LogP contribution in [0.1, 0.15) is 5.56 Å². The molecule has 8 heteroatoms. The number of aliphatic hydroxyl groups is 1. The lowest BCUT2D eigenvalue weighted by Gasteiger charge is -2.27. The fourth-order valence-corrected chi connectivity index (χ4v) is 2.24. The zero-order valence-corrected chi connectivity index (χ0v) is 11.3. The lowest BCUT2D eigenvalue weighted by Crippen LogP contribution is -2.46. The van der Waals surface area contributed by atoms with E-state index in [0.717, 1.165) is 6.07 Å². The molecule has 0 bridgehead atoms. The van der Waals surface area contributed by atoms with Crippen LogP contribution in [-0.4, -0.2) is 48.3 Å². The number of hydrogen-bond donors (Lipinski definition) is 3. The summed E-state index contributed by atoms with van der Waals surface area (Å²) in [5.41, 5.74) is -1.21. The summed E-state index contributed by atoms with van der Waals surface area (Å²) in [6, 6.07) is 3.60. The van der Waals surface area contributed by atoms with E-state index in [2.05, 4.69) is 10.6 Å². The highest BCUT2D eigenvalue weighted by atomic mass is 19.4. The van der Waals surface area contributed by atoms with E-state index in [0.29, 0.717) is 13.1 Å². The first kappa shape index (κ1) is 15.6. The maximum absolute atomic E-state index is 12.8. The summed E-state index contributed by atoms with van der Waals surface area (Å²) in [5, 5.41) is 14.8. The Morgan fingerprint density at radius 3 is 2.62 bits per heavy atom. The van der Waals surface area contributed by atoms with Crippen molar-refractivity contribution >= 4 is 11.7 Å². The second-order valence-corrected chi connectivity index (χ2v) is 4.88. The molecule has 1 heterocycles.